The Morgan fingerprint density at radius 1 is 1.04 bits per heavy atom. The summed E-state index contributed by atoms with van der Waals surface area (Å²) < 4.78 is 9.73. The molecule has 1 fully saturated rings. The van der Waals surface area contributed by atoms with Gasteiger partial charge in [0.05, 0.1) is 28.3 Å². The van der Waals surface area contributed by atoms with Gasteiger partial charge in [-0.2, -0.15) is 0 Å². The predicted molar refractivity (Wildman–Crippen MR) is 95.3 cm³/mol. The molecule has 1 aliphatic heterocycles. The fourth-order valence-electron chi connectivity index (χ4n) is 3.35. The molecule has 136 valence electrons. The minimum atomic E-state index is -1.69. The highest BCUT2D eigenvalue weighted by Gasteiger charge is 2.57. The van der Waals surface area contributed by atoms with Gasteiger partial charge in [0.25, 0.3) is 0 Å². The average molecular weight is 363 g/mol. The Labute approximate surface area is 149 Å². The van der Waals surface area contributed by atoms with E-state index in [1.807, 2.05) is 30.3 Å². The number of ether oxygens (including phenoxy) is 2. The van der Waals surface area contributed by atoms with Crippen LogP contribution in [0.4, 0.5) is 0 Å². The molecule has 3 atom stereocenters. The van der Waals surface area contributed by atoms with Crippen molar-refractivity contribution in [2.45, 2.75) is 25.7 Å². The van der Waals surface area contributed by atoms with Gasteiger partial charge in [0.15, 0.2) is 5.92 Å². The van der Waals surface area contributed by atoms with Crippen LogP contribution < -0.4 is 0 Å². The van der Waals surface area contributed by atoms with Gasteiger partial charge >= 0.3 is 11.9 Å². The zero-order valence-corrected chi connectivity index (χ0v) is 16.3. The zero-order valence-electron chi connectivity index (χ0n) is 15.3. The van der Waals surface area contributed by atoms with E-state index >= 15 is 0 Å². The number of amides is 1. The maximum Gasteiger partial charge on any atom is 0.319 e. The van der Waals surface area contributed by atoms with Crippen LogP contribution in [0, 0.1) is 11.8 Å². The number of hydrogen-bond donors (Lipinski definition) is 0. The number of esters is 2. The molecule has 0 spiro atoms. The standard InChI is InChI=1S/C18H25NO5Si/c1-23-17(21)13-14(18(22)24-2)16(20)19(11-25(3,4)5)15(13)12-9-7-6-8-10-12/h6-10,13-15H,11H2,1-5H3/t13-,14-,15+/m0/s1. The number of carbonyl (C=O) groups is 3. The lowest BCUT2D eigenvalue weighted by Gasteiger charge is -2.32. The highest BCUT2D eigenvalue weighted by atomic mass is 28.3. The Morgan fingerprint density at radius 3 is 2.08 bits per heavy atom. The van der Waals surface area contributed by atoms with Gasteiger partial charge in [-0.25, -0.2) is 0 Å². The second kappa shape index (κ2) is 7.39. The van der Waals surface area contributed by atoms with E-state index in [1.165, 1.54) is 14.2 Å². The molecule has 0 unspecified atom stereocenters. The summed E-state index contributed by atoms with van der Waals surface area (Å²) >= 11 is 0. The highest BCUT2D eigenvalue weighted by Crippen LogP contribution is 2.43. The topological polar surface area (TPSA) is 72.9 Å². The molecule has 0 saturated carbocycles. The summed E-state index contributed by atoms with van der Waals surface area (Å²) in [6, 6.07) is 8.78. The average Bonchev–Trinajstić information content (AvgIpc) is 2.85. The molecule has 7 heteroatoms. The van der Waals surface area contributed by atoms with Gasteiger partial charge in [0.2, 0.25) is 5.91 Å². The summed E-state index contributed by atoms with van der Waals surface area (Å²) in [6.07, 6.45) is 0.548. The van der Waals surface area contributed by atoms with Crippen LogP contribution in [0.25, 0.3) is 0 Å². The summed E-state index contributed by atoms with van der Waals surface area (Å²) in [7, 11) is 0.806. The minimum Gasteiger partial charge on any atom is -0.469 e. The zero-order chi connectivity index (χ0) is 18.8. The van der Waals surface area contributed by atoms with Crippen molar-refractivity contribution < 1.29 is 23.9 Å². The van der Waals surface area contributed by atoms with Crippen molar-refractivity contribution in [3.8, 4) is 0 Å². The van der Waals surface area contributed by atoms with E-state index in [0.29, 0.717) is 6.17 Å². The number of nitrogens with zero attached hydrogens (tertiary/aromatic N) is 1. The molecule has 6 nitrogen and oxygen atoms in total. The summed E-state index contributed by atoms with van der Waals surface area (Å²) in [6.45, 7) is 6.42. The largest absolute Gasteiger partial charge is 0.469 e. The SMILES string of the molecule is COC(=O)[C@@H]1C(=O)N(C[Si](C)(C)C)[C@H](c2ccccc2)[C@H]1C(=O)OC. The number of rotatable bonds is 5. The second-order valence-corrected chi connectivity index (χ2v) is 12.9. The van der Waals surface area contributed by atoms with Crippen LogP contribution in [0.5, 0.6) is 0 Å². The smallest absolute Gasteiger partial charge is 0.319 e. The third-order valence-corrected chi connectivity index (χ3v) is 5.59. The third kappa shape index (κ3) is 3.92. The highest BCUT2D eigenvalue weighted by molar-refractivity contribution is 6.76. The first-order valence-corrected chi connectivity index (χ1v) is 11.9. The Bertz CT molecular complexity index is 655. The molecule has 0 N–H and O–H groups in total. The van der Waals surface area contributed by atoms with Gasteiger partial charge in [0, 0.05) is 6.17 Å². The summed E-state index contributed by atoms with van der Waals surface area (Å²) in [5, 5.41) is 0. The predicted octanol–water partition coefficient (Wildman–Crippen LogP) is 2.03. The van der Waals surface area contributed by atoms with E-state index in [9.17, 15) is 14.4 Å². The van der Waals surface area contributed by atoms with Crippen LogP contribution in [0.3, 0.4) is 0 Å². The van der Waals surface area contributed by atoms with E-state index < -0.39 is 37.9 Å². The minimum absolute atomic E-state index is 0.362. The molecule has 0 radical (unpaired) electrons. The van der Waals surface area contributed by atoms with Crippen LogP contribution in [0.15, 0.2) is 30.3 Å². The molecular formula is C18H25NO5Si. The Morgan fingerprint density at radius 2 is 1.60 bits per heavy atom. The van der Waals surface area contributed by atoms with Crippen molar-refractivity contribution in [2.75, 3.05) is 20.4 Å². The molecule has 0 bridgehead atoms. The first-order chi connectivity index (χ1) is 11.7. The maximum absolute atomic E-state index is 13.0. The molecule has 1 aliphatic rings. The fourth-order valence-corrected chi connectivity index (χ4v) is 4.72. The Hall–Kier alpha value is -2.15. The third-order valence-electron chi connectivity index (χ3n) is 4.30. The van der Waals surface area contributed by atoms with Crippen molar-refractivity contribution in [2.24, 2.45) is 11.8 Å². The number of likely N-dealkylation sites (tertiary alicyclic amines) is 1. The lowest BCUT2D eigenvalue weighted by molar-refractivity contribution is -0.158. The van der Waals surface area contributed by atoms with E-state index in [0.717, 1.165) is 5.56 Å². The Kier molecular flexibility index (Phi) is 5.67. The lowest BCUT2D eigenvalue weighted by Crippen LogP contribution is -2.43. The molecule has 1 heterocycles. The first-order valence-electron chi connectivity index (χ1n) is 8.22. The van der Waals surface area contributed by atoms with Crippen molar-refractivity contribution >= 4 is 25.9 Å². The van der Waals surface area contributed by atoms with Gasteiger partial charge in [-0.1, -0.05) is 50.0 Å². The fraction of sp³-hybridized carbons (Fsp3) is 0.500. The molecule has 0 aliphatic carbocycles. The van der Waals surface area contributed by atoms with Gasteiger partial charge in [-0.15, -0.1) is 0 Å². The van der Waals surface area contributed by atoms with Gasteiger partial charge in [0.1, 0.15) is 5.92 Å². The molecule has 2 rings (SSSR count). The van der Waals surface area contributed by atoms with Crippen molar-refractivity contribution in [1.29, 1.82) is 0 Å². The van der Waals surface area contributed by atoms with E-state index in [-0.39, 0.29) is 5.91 Å². The lowest BCUT2D eigenvalue weighted by atomic mass is 9.86. The molecular weight excluding hydrogens is 338 g/mol. The molecule has 25 heavy (non-hydrogen) atoms. The van der Waals surface area contributed by atoms with Crippen LogP contribution in [-0.4, -0.2) is 51.2 Å². The van der Waals surface area contributed by atoms with Crippen molar-refractivity contribution in [3.63, 3.8) is 0 Å². The summed E-state index contributed by atoms with van der Waals surface area (Å²) in [5.74, 6) is -3.71. The monoisotopic (exact) mass is 363 g/mol. The van der Waals surface area contributed by atoms with Gasteiger partial charge in [-0.05, 0) is 5.56 Å². The van der Waals surface area contributed by atoms with E-state index in [1.54, 1.807) is 4.90 Å². The quantitative estimate of drug-likeness (QED) is 0.455. The number of benzene rings is 1. The Balaban J connectivity index is 2.58. The number of methoxy groups -OCH3 is 2. The maximum atomic E-state index is 13.0. The molecule has 1 saturated heterocycles. The van der Waals surface area contributed by atoms with Gasteiger partial charge < -0.3 is 14.4 Å². The summed E-state index contributed by atoms with van der Waals surface area (Å²) in [5.41, 5.74) is 0.816. The molecule has 1 aromatic carbocycles. The van der Waals surface area contributed by atoms with Crippen molar-refractivity contribution in [3.05, 3.63) is 35.9 Å². The summed E-state index contributed by atoms with van der Waals surface area (Å²) in [4.78, 5) is 39.5. The second-order valence-electron chi connectivity index (χ2n) is 7.43. The molecule has 1 amide bonds. The first kappa shape index (κ1) is 19.2. The van der Waals surface area contributed by atoms with Crippen LogP contribution >= 0.6 is 0 Å². The van der Waals surface area contributed by atoms with E-state index in [4.69, 9.17) is 9.47 Å². The van der Waals surface area contributed by atoms with E-state index in [2.05, 4.69) is 19.6 Å². The van der Waals surface area contributed by atoms with Crippen LogP contribution in [0.1, 0.15) is 11.6 Å². The van der Waals surface area contributed by atoms with Gasteiger partial charge in [-0.3, -0.25) is 14.4 Å². The molecule has 1 aromatic rings. The normalized spacial score (nSPS) is 23.5. The number of carbonyl (C=O) groups excluding carboxylic acids is 3. The van der Waals surface area contributed by atoms with Crippen LogP contribution in [0.2, 0.25) is 19.6 Å². The van der Waals surface area contributed by atoms with Crippen molar-refractivity contribution in [1.82, 2.24) is 4.90 Å². The number of hydrogen-bond acceptors (Lipinski definition) is 5. The molecule has 0 aromatic heterocycles. The van der Waals surface area contributed by atoms with Crippen LogP contribution in [-0.2, 0) is 23.9 Å².